The van der Waals surface area contributed by atoms with E-state index < -0.39 is 0 Å². The Morgan fingerprint density at radius 2 is 1.80 bits per heavy atom. The maximum absolute atomic E-state index is 12.1. The maximum atomic E-state index is 12.1. The van der Waals surface area contributed by atoms with E-state index in [4.69, 9.17) is 4.74 Å². The second kappa shape index (κ2) is 8.71. The Bertz CT molecular complexity index is 681. The van der Waals surface area contributed by atoms with E-state index in [0.29, 0.717) is 30.3 Å². The van der Waals surface area contributed by atoms with Gasteiger partial charge in [0.15, 0.2) is 6.61 Å². The van der Waals surface area contributed by atoms with Crippen LogP contribution in [0.5, 0.6) is 5.75 Å². The van der Waals surface area contributed by atoms with Crippen molar-refractivity contribution in [3.05, 3.63) is 34.7 Å². The number of carbonyl (C=O) groups is 3. The number of rotatable bonds is 7. The molecule has 6 nitrogen and oxygen atoms in total. The van der Waals surface area contributed by atoms with Crippen LogP contribution in [0.25, 0.3) is 6.08 Å². The average Bonchev–Trinajstić information content (AvgIpc) is 2.88. The van der Waals surface area contributed by atoms with Gasteiger partial charge in [0, 0.05) is 19.6 Å². The minimum atomic E-state index is -0.261. The lowest BCUT2D eigenvalue weighted by atomic mass is 10.2. The molecule has 0 aromatic heterocycles. The highest BCUT2D eigenvalue weighted by Crippen LogP contribution is 2.32. The zero-order valence-corrected chi connectivity index (χ0v) is 15.5. The Balaban J connectivity index is 1.99. The number of ether oxygens (including phenoxy) is 1. The summed E-state index contributed by atoms with van der Waals surface area (Å²) in [4.78, 5) is 39.0. The van der Waals surface area contributed by atoms with E-state index in [1.54, 1.807) is 42.2 Å². The van der Waals surface area contributed by atoms with Gasteiger partial charge in [0.05, 0.1) is 4.91 Å². The molecular formula is C18H22N2O4S. The third-order valence-corrected chi connectivity index (χ3v) is 4.75. The van der Waals surface area contributed by atoms with Crippen LogP contribution < -0.4 is 4.74 Å². The molecule has 0 radical (unpaired) electrons. The van der Waals surface area contributed by atoms with Crippen molar-refractivity contribution >= 4 is 34.9 Å². The van der Waals surface area contributed by atoms with Crippen molar-refractivity contribution in [2.24, 2.45) is 0 Å². The number of hydrogen-bond donors (Lipinski definition) is 0. The highest BCUT2D eigenvalue weighted by Gasteiger charge is 2.33. The molecule has 1 aromatic carbocycles. The number of likely N-dealkylation sites (N-methyl/N-ethyl adjacent to an activating group) is 2. The molecule has 0 atom stereocenters. The Hall–Kier alpha value is -2.28. The molecule has 0 unspecified atom stereocenters. The number of nitrogens with zero attached hydrogens (tertiary/aromatic N) is 2. The molecule has 0 spiro atoms. The SMILES string of the molecule is CCN(CC)C(=O)COc1ccc(/C=C2/SC(=O)N(CC)C2=O)cc1. The molecule has 2 rings (SSSR count). The highest BCUT2D eigenvalue weighted by molar-refractivity contribution is 8.18. The first-order chi connectivity index (χ1) is 12.0. The Labute approximate surface area is 151 Å². The van der Waals surface area contributed by atoms with Gasteiger partial charge in [-0.05, 0) is 56.3 Å². The van der Waals surface area contributed by atoms with Gasteiger partial charge in [0.1, 0.15) is 5.75 Å². The van der Waals surface area contributed by atoms with Gasteiger partial charge in [-0.15, -0.1) is 0 Å². The van der Waals surface area contributed by atoms with Crippen molar-refractivity contribution in [2.75, 3.05) is 26.2 Å². The van der Waals surface area contributed by atoms with Crippen LogP contribution in [0.4, 0.5) is 4.79 Å². The quantitative estimate of drug-likeness (QED) is 0.698. The fraction of sp³-hybridized carbons (Fsp3) is 0.389. The van der Waals surface area contributed by atoms with Gasteiger partial charge < -0.3 is 9.64 Å². The second-order valence-electron chi connectivity index (χ2n) is 5.35. The van der Waals surface area contributed by atoms with E-state index in [1.807, 2.05) is 13.8 Å². The van der Waals surface area contributed by atoms with Crippen molar-refractivity contribution < 1.29 is 19.1 Å². The Kier molecular flexibility index (Phi) is 6.64. The van der Waals surface area contributed by atoms with Crippen LogP contribution in [0, 0.1) is 0 Å². The largest absolute Gasteiger partial charge is 0.484 e. The van der Waals surface area contributed by atoms with Crippen molar-refractivity contribution in [3.8, 4) is 5.75 Å². The summed E-state index contributed by atoms with van der Waals surface area (Å²) in [6.45, 7) is 7.30. The lowest BCUT2D eigenvalue weighted by molar-refractivity contribution is -0.133. The fourth-order valence-corrected chi connectivity index (χ4v) is 3.30. The summed E-state index contributed by atoms with van der Waals surface area (Å²) in [6.07, 6.45) is 1.69. The first-order valence-electron chi connectivity index (χ1n) is 8.26. The van der Waals surface area contributed by atoms with Gasteiger partial charge in [-0.1, -0.05) is 12.1 Å². The second-order valence-corrected chi connectivity index (χ2v) is 6.34. The van der Waals surface area contributed by atoms with E-state index >= 15 is 0 Å². The molecular weight excluding hydrogens is 340 g/mol. The molecule has 1 saturated heterocycles. The van der Waals surface area contributed by atoms with Gasteiger partial charge in [-0.25, -0.2) is 0 Å². The van der Waals surface area contributed by atoms with Crippen LogP contribution in [-0.2, 0) is 9.59 Å². The minimum absolute atomic E-state index is 0.00356. The van der Waals surface area contributed by atoms with E-state index in [9.17, 15) is 14.4 Å². The number of benzene rings is 1. The predicted octanol–water partition coefficient (Wildman–Crippen LogP) is 2.99. The summed E-state index contributed by atoms with van der Waals surface area (Å²) < 4.78 is 5.50. The summed E-state index contributed by atoms with van der Waals surface area (Å²) in [7, 11) is 0. The van der Waals surface area contributed by atoms with Gasteiger partial charge in [-0.3, -0.25) is 19.3 Å². The molecule has 0 aliphatic carbocycles. The molecule has 1 aliphatic heterocycles. The van der Waals surface area contributed by atoms with E-state index in [2.05, 4.69) is 0 Å². The number of carbonyl (C=O) groups excluding carboxylic acids is 3. The topological polar surface area (TPSA) is 66.9 Å². The standard InChI is InChI=1S/C18H22N2O4S/c1-4-19(5-2)16(21)12-24-14-9-7-13(8-10-14)11-15-17(22)20(6-3)18(23)25-15/h7-11H,4-6,12H2,1-3H3/b15-11+. The number of hydrogen-bond acceptors (Lipinski definition) is 5. The third-order valence-electron chi connectivity index (χ3n) is 3.85. The minimum Gasteiger partial charge on any atom is -0.484 e. The summed E-state index contributed by atoms with van der Waals surface area (Å²) >= 11 is 0.945. The summed E-state index contributed by atoms with van der Waals surface area (Å²) in [5.74, 6) is 0.268. The molecule has 1 aromatic rings. The zero-order chi connectivity index (χ0) is 18.4. The molecule has 25 heavy (non-hydrogen) atoms. The number of amides is 3. The zero-order valence-electron chi connectivity index (χ0n) is 14.7. The van der Waals surface area contributed by atoms with Gasteiger partial charge in [0.2, 0.25) is 0 Å². The maximum Gasteiger partial charge on any atom is 0.293 e. The van der Waals surface area contributed by atoms with Crippen LogP contribution in [0.3, 0.4) is 0 Å². The van der Waals surface area contributed by atoms with Crippen LogP contribution in [0.1, 0.15) is 26.3 Å². The highest BCUT2D eigenvalue weighted by atomic mass is 32.2. The van der Waals surface area contributed by atoms with E-state index in [-0.39, 0.29) is 23.7 Å². The van der Waals surface area contributed by atoms with Crippen LogP contribution in [0.2, 0.25) is 0 Å². The summed E-state index contributed by atoms with van der Waals surface area (Å²) in [5.41, 5.74) is 0.795. The molecule has 1 fully saturated rings. The fourth-order valence-electron chi connectivity index (χ4n) is 2.40. The Morgan fingerprint density at radius 3 is 2.32 bits per heavy atom. The van der Waals surface area contributed by atoms with E-state index in [0.717, 1.165) is 17.3 Å². The molecule has 0 N–H and O–H groups in total. The molecule has 1 heterocycles. The first kappa shape index (κ1) is 19.1. The molecule has 3 amide bonds. The summed E-state index contributed by atoms with van der Waals surface area (Å²) in [6, 6.07) is 7.06. The van der Waals surface area contributed by atoms with Crippen molar-refractivity contribution in [1.82, 2.24) is 9.80 Å². The molecule has 0 bridgehead atoms. The normalized spacial score (nSPS) is 15.8. The summed E-state index contributed by atoms with van der Waals surface area (Å²) in [5, 5.41) is -0.242. The molecule has 7 heteroatoms. The number of imide groups is 1. The predicted molar refractivity (Wildman–Crippen MR) is 98.2 cm³/mol. The molecule has 134 valence electrons. The lowest BCUT2D eigenvalue weighted by Crippen LogP contribution is -2.34. The average molecular weight is 362 g/mol. The molecule has 0 saturated carbocycles. The monoisotopic (exact) mass is 362 g/mol. The van der Waals surface area contributed by atoms with Gasteiger partial charge in [0.25, 0.3) is 17.1 Å². The Morgan fingerprint density at radius 1 is 1.16 bits per heavy atom. The van der Waals surface area contributed by atoms with Crippen LogP contribution in [-0.4, -0.2) is 53.1 Å². The van der Waals surface area contributed by atoms with Crippen LogP contribution in [0.15, 0.2) is 29.2 Å². The third kappa shape index (κ3) is 4.63. The molecule has 1 aliphatic rings. The van der Waals surface area contributed by atoms with Gasteiger partial charge >= 0.3 is 0 Å². The van der Waals surface area contributed by atoms with E-state index in [1.165, 1.54) is 4.90 Å². The van der Waals surface area contributed by atoms with Crippen molar-refractivity contribution in [3.63, 3.8) is 0 Å². The lowest BCUT2D eigenvalue weighted by Gasteiger charge is -2.18. The van der Waals surface area contributed by atoms with Gasteiger partial charge in [-0.2, -0.15) is 0 Å². The smallest absolute Gasteiger partial charge is 0.293 e. The van der Waals surface area contributed by atoms with Crippen molar-refractivity contribution in [2.45, 2.75) is 20.8 Å². The van der Waals surface area contributed by atoms with Crippen LogP contribution >= 0.6 is 11.8 Å². The number of thioether (sulfide) groups is 1. The first-order valence-corrected chi connectivity index (χ1v) is 9.07. The van der Waals surface area contributed by atoms with Crippen molar-refractivity contribution in [1.29, 1.82) is 0 Å².